The third kappa shape index (κ3) is 4.10. The first-order valence-electron chi connectivity index (χ1n) is 6.53. The van der Waals surface area contributed by atoms with Crippen LogP contribution in [-0.2, 0) is 16.6 Å². The smallest absolute Gasteiger partial charge is 0.208 e. The first-order chi connectivity index (χ1) is 9.79. The van der Waals surface area contributed by atoms with E-state index < -0.39 is 10.0 Å². The Labute approximate surface area is 134 Å². The average molecular weight is 350 g/mol. The largest absolute Gasteiger partial charge is 0.325 e. The van der Waals surface area contributed by atoms with Crippen molar-refractivity contribution in [2.75, 3.05) is 12.8 Å². The lowest BCUT2D eigenvalue weighted by Crippen LogP contribution is -2.24. The van der Waals surface area contributed by atoms with Gasteiger partial charge in [-0.25, -0.2) is 18.1 Å². The zero-order valence-electron chi connectivity index (χ0n) is 11.8. The van der Waals surface area contributed by atoms with Gasteiger partial charge in [0.1, 0.15) is 5.82 Å². The molecule has 1 aromatic heterocycles. The van der Waals surface area contributed by atoms with E-state index in [1.807, 2.05) is 23.6 Å². The summed E-state index contributed by atoms with van der Waals surface area (Å²) in [6, 6.07) is 5.53. The van der Waals surface area contributed by atoms with Gasteiger partial charge in [0.05, 0.1) is 27.7 Å². The fourth-order valence-electron chi connectivity index (χ4n) is 2.18. The number of sulfonamides is 1. The molecule has 1 unspecified atom stereocenters. The second kappa shape index (κ2) is 6.52. The number of benzene rings is 1. The van der Waals surface area contributed by atoms with Crippen LogP contribution in [-0.4, -0.2) is 30.8 Å². The molecule has 1 N–H and O–H groups in total. The highest BCUT2D eigenvalue weighted by molar-refractivity contribution is 7.88. The number of rotatable bonds is 6. The van der Waals surface area contributed by atoms with Crippen LogP contribution in [0.1, 0.15) is 24.5 Å². The number of nitrogens with zero attached hydrogens (tertiary/aromatic N) is 2. The van der Waals surface area contributed by atoms with Crippen LogP contribution in [0.5, 0.6) is 0 Å². The molecule has 21 heavy (non-hydrogen) atoms. The van der Waals surface area contributed by atoms with E-state index in [2.05, 4.69) is 9.71 Å². The van der Waals surface area contributed by atoms with E-state index in [0.717, 1.165) is 23.1 Å². The second-order valence-electron chi connectivity index (χ2n) is 4.87. The molecule has 0 aliphatic carbocycles. The van der Waals surface area contributed by atoms with Crippen LogP contribution in [0.25, 0.3) is 11.0 Å². The maximum Gasteiger partial charge on any atom is 0.208 e. The molecule has 5 nitrogen and oxygen atoms in total. The standard InChI is InChI=1S/C13H17Cl2N3O2S/c1-9(14)13-17-11-6-3-5-10(15)12(11)18(13)8-4-7-16-21(2,19)20/h3,5-6,9,16H,4,7-8H2,1-2H3. The monoisotopic (exact) mass is 349 g/mol. The Morgan fingerprint density at radius 2 is 2.14 bits per heavy atom. The molecule has 0 saturated heterocycles. The molecule has 0 amide bonds. The number of alkyl halides is 1. The van der Waals surface area contributed by atoms with Crippen molar-refractivity contribution in [1.82, 2.24) is 14.3 Å². The predicted octanol–water partition coefficient (Wildman–Crippen LogP) is 2.93. The van der Waals surface area contributed by atoms with Gasteiger partial charge in [0.15, 0.2) is 0 Å². The number of nitrogens with one attached hydrogen (secondary N) is 1. The van der Waals surface area contributed by atoms with Crippen LogP contribution in [0.4, 0.5) is 0 Å². The Kier molecular flexibility index (Phi) is 5.14. The number of hydrogen-bond donors (Lipinski definition) is 1. The van der Waals surface area contributed by atoms with Gasteiger partial charge in [0.2, 0.25) is 10.0 Å². The van der Waals surface area contributed by atoms with Crippen LogP contribution >= 0.6 is 23.2 Å². The van der Waals surface area contributed by atoms with Crippen LogP contribution in [0.2, 0.25) is 5.02 Å². The maximum absolute atomic E-state index is 11.1. The Balaban J connectivity index is 2.26. The highest BCUT2D eigenvalue weighted by Crippen LogP contribution is 2.29. The minimum Gasteiger partial charge on any atom is -0.325 e. The van der Waals surface area contributed by atoms with Crippen molar-refractivity contribution in [3.05, 3.63) is 29.0 Å². The number of halogens is 2. The Hall–Kier alpha value is -0.820. The quantitative estimate of drug-likeness (QED) is 0.644. The minimum atomic E-state index is -3.17. The zero-order chi connectivity index (χ0) is 15.6. The van der Waals surface area contributed by atoms with Gasteiger partial charge >= 0.3 is 0 Å². The molecule has 1 atom stereocenters. The van der Waals surface area contributed by atoms with E-state index in [-0.39, 0.29) is 5.38 Å². The van der Waals surface area contributed by atoms with E-state index in [4.69, 9.17) is 23.2 Å². The van der Waals surface area contributed by atoms with Gasteiger partial charge < -0.3 is 4.57 Å². The molecule has 2 aromatic rings. The summed E-state index contributed by atoms with van der Waals surface area (Å²) in [4.78, 5) is 4.51. The van der Waals surface area contributed by atoms with Gasteiger partial charge in [-0.2, -0.15) is 0 Å². The highest BCUT2D eigenvalue weighted by atomic mass is 35.5. The lowest BCUT2D eigenvalue weighted by molar-refractivity contribution is 0.573. The molecular weight excluding hydrogens is 333 g/mol. The fraction of sp³-hybridized carbons (Fsp3) is 0.462. The van der Waals surface area contributed by atoms with Crippen LogP contribution in [0.15, 0.2) is 18.2 Å². The van der Waals surface area contributed by atoms with Crippen LogP contribution in [0.3, 0.4) is 0 Å². The Morgan fingerprint density at radius 1 is 1.43 bits per heavy atom. The normalized spacial score (nSPS) is 13.7. The van der Waals surface area contributed by atoms with Crippen molar-refractivity contribution in [3.8, 4) is 0 Å². The van der Waals surface area contributed by atoms with Crippen molar-refractivity contribution < 1.29 is 8.42 Å². The lowest BCUT2D eigenvalue weighted by atomic mass is 10.3. The molecule has 2 rings (SSSR count). The summed E-state index contributed by atoms with van der Waals surface area (Å²) < 4.78 is 26.5. The van der Waals surface area contributed by atoms with Crippen molar-refractivity contribution >= 4 is 44.3 Å². The van der Waals surface area contributed by atoms with Gasteiger partial charge in [-0.15, -0.1) is 11.6 Å². The second-order valence-corrected chi connectivity index (χ2v) is 7.76. The molecule has 0 spiro atoms. The number of fused-ring (bicyclic) bond motifs is 1. The summed E-state index contributed by atoms with van der Waals surface area (Å²) in [6.45, 7) is 2.80. The number of aryl methyl sites for hydroxylation is 1. The van der Waals surface area contributed by atoms with E-state index >= 15 is 0 Å². The third-order valence-electron chi connectivity index (χ3n) is 3.03. The van der Waals surface area contributed by atoms with E-state index in [0.29, 0.717) is 24.5 Å². The zero-order valence-corrected chi connectivity index (χ0v) is 14.1. The summed E-state index contributed by atoms with van der Waals surface area (Å²) in [5.74, 6) is 0.735. The topological polar surface area (TPSA) is 64.0 Å². The van der Waals surface area contributed by atoms with Crippen molar-refractivity contribution in [2.24, 2.45) is 0 Å². The number of hydrogen-bond acceptors (Lipinski definition) is 3. The molecule has 0 bridgehead atoms. The van der Waals surface area contributed by atoms with Crippen molar-refractivity contribution in [1.29, 1.82) is 0 Å². The number of aromatic nitrogens is 2. The van der Waals surface area contributed by atoms with Crippen LogP contribution in [0, 0.1) is 0 Å². The predicted molar refractivity (Wildman–Crippen MR) is 86.5 cm³/mol. The summed E-state index contributed by atoms with van der Waals surface area (Å²) in [7, 11) is -3.17. The molecule has 116 valence electrons. The molecule has 0 aliphatic rings. The molecule has 0 aliphatic heterocycles. The third-order valence-corrected chi connectivity index (χ3v) is 4.25. The van der Waals surface area contributed by atoms with Crippen LogP contribution < -0.4 is 4.72 Å². The molecule has 8 heteroatoms. The van der Waals surface area contributed by atoms with Gasteiger partial charge in [0, 0.05) is 13.1 Å². The summed E-state index contributed by atoms with van der Waals surface area (Å²) in [5, 5.41) is 0.357. The summed E-state index contributed by atoms with van der Waals surface area (Å²) >= 11 is 12.4. The Bertz CT molecular complexity index is 741. The lowest BCUT2D eigenvalue weighted by Gasteiger charge is -2.11. The summed E-state index contributed by atoms with van der Waals surface area (Å²) in [6.07, 6.45) is 1.77. The van der Waals surface area contributed by atoms with Crippen molar-refractivity contribution in [2.45, 2.75) is 25.3 Å². The first kappa shape index (κ1) is 16.5. The fourth-order valence-corrected chi connectivity index (χ4v) is 3.14. The van der Waals surface area contributed by atoms with E-state index in [9.17, 15) is 8.42 Å². The summed E-state index contributed by atoms with van der Waals surface area (Å²) in [5.41, 5.74) is 1.63. The molecule has 0 saturated carbocycles. The van der Waals surface area contributed by atoms with Gasteiger partial charge in [-0.05, 0) is 25.5 Å². The molecule has 0 fully saturated rings. The van der Waals surface area contributed by atoms with E-state index in [1.54, 1.807) is 6.07 Å². The molecule has 1 heterocycles. The Morgan fingerprint density at radius 3 is 2.76 bits per heavy atom. The maximum atomic E-state index is 11.1. The number of para-hydroxylation sites is 1. The molecule has 0 radical (unpaired) electrons. The van der Waals surface area contributed by atoms with Gasteiger partial charge in [-0.1, -0.05) is 17.7 Å². The average Bonchev–Trinajstić information content (AvgIpc) is 2.74. The van der Waals surface area contributed by atoms with Crippen molar-refractivity contribution in [3.63, 3.8) is 0 Å². The SMILES string of the molecule is CC(Cl)c1nc2cccc(Cl)c2n1CCCNS(C)(=O)=O. The minimum absolute atomic E-state index is 0.253. The number of imidazole rings is 1. The molecule has 1 aromatic carbocycles. The van der Waals surface area contributed by atoms with E-state index in [1.165, 1.54) is 0 Å². The first-order valence-corrected chi connectivity index (χ1v) is 9.23. The van der Waals surface area contributed by atoms with Gasteiger partial charge in [0.25, 0.3) is 0 Å². The highest BCUT2D eigenvalue weighted by Gasteiger charge is 2.16. The molecular formula is C13H17Cl2N3O2S. The van der Waals surface area contributed by atoms with Gasteiger partial charge in [-0.3, -0.25) is 0 Å².